The van der Waals surface area contributed by atoms with Crippen LogP contribution in [0.15, 0.2) is 200 Å². The number of anilines is 3. The summed E-state index contributed by atoms with van der Waals surface area (Å²) in [5.74, 6) is 0. The molecule has 0 amide bonds. The zero-order valence-corrected chi connectivity index (χ0v) is 28.9. The van der Waals surface area contributed by atoms with Gasteiger partial charge in [0.05, 0.1) is 33.6 Å². The molecular formula is C50H33N3. The molecule has 3 heteroatoms. The second kappa shape index (κ2) is 11.7. The highest BCUT2D eigenvalue weighted by atomic mass is 15.2. The van der Waals surface area contributed by atoms with Crippen LogP contribution in [0.5, 0.6) is 0 Å². The van der Waals surface area contributed by atoms with E-state index in [4.69, 9.17) is 0 Å². The van der Waals surface area contributed by atoms with Gasteiger partial charge in [-0.05, 0) is 71.8 Å². The van der Waals surface area contributed by atoms with Gasteiger partial charge in [-0.25, -0.2) is 0 Å². The molecular weight excluding hydrogens is 643 g/mol. The Morgan fingerprint density at radius 2 is 0.774 bits per heavy atom. The minimum Gasteiger partial charge on any atom is -0.309 e. The summed E-state index contributed by atoms with van der Waals surface area (Å²) < 4.78 is 4.95. The monoisotopic (exact) mass is 675 g/mol. The number of hydrogen-bond donors (Lipinski definition) is 0. The maximum Gasteiger partial charge on any atom is 0.0641 e. The molecule has 3 nitrogen and oxygen atoms in total. The van der Waals surface area contributed by atoms with Gasteiger partial charge in [0.2, 0.25) is 0 Å². The van der Waals surface area contributed by atoms with Crippen molar-refractivity contribution in [3.63, 3.8) is 0 Å². The molecule has 8 aromatic carbocycles. The van der Waals surface area contributed by atoms with Crippen LogP contribution in [0, 0.1) is 0 Å². The summed E-state index contributed by atoms with van der Waals surface area (Å²) in [5.41, 5.74) is 16.4. The largest absolute Gasteiger partial charge is 0.309 e. The lowest BCUT2D eigenvalue weighted by molar-refractivity contribution is 1.11. The molecule has 0 saturated carbocycles. The summed E-state index contributed by atoms with van der Waals surface area (Å²) in [6, 6.07) is 72.8. The molecule has 0 fully saturated rings. The molecule has 3 heterocycles. The molecule has 10 aromatic rings. The van der Waals surface area contributed by atoms with Gasteiger partial charge in [-0.15, -0.1) is 0 Å². The third-order valence-corrected chi connectivity index (χ3v) is 10.8. The third kappa shape index (κ3) is 4.47. The van der Waals surface area contributed by atoms with Crippen molar-refractivity contribution in [1.82, 2.24) is 9.13 Å². The minimum absolute atomic E-state index is 1.11. The van der Waals surface area contributed by atoms with Crippen LogP contribution in [-0.4, -0.2) is 9.13 Å². The van der Waals surface area contributed by atoms with E-state index in [1.807, 2.05) is 0 Å². The summed E-state index contributed by atoms with van der Waals surface area (Å²) in [4.78, 5) is 2.42. The van der Waals surface area contributed by atoms with E-state index in [0.717, 1.165) is 28.4 Å². The molecule has 11 rings (SSSR count). The van der Waals surface area contributed by atoms with Crippen molar-refractivity contribution in [2.45, 2.75) is 0 Å². The van der Waals surface area contributed by atoms with Crippen molar-refractivity contribution in [3.8, 4) is 44.9 Å². The fourth-order valence-corrected chi connectivity index (χ4v) is 8.62. The zero-order valence-electron chi connectivity index (χ0n) is 28.9. The molecule has 248 valence electrons. The summed E-state index contributed by atoms with van der Waals surface area (Å²) in [6.45, 7) is 0. The Morgan fingerprint density at radius 1 is 0.302 bits per heavy atom. The molecule has 2 aromatic heterocycles. The van der Waals surface area contributed by atoms with Crippen molar-refractivity contribution in [3.05, 3.63) is 200 Å². The number of rotatable bonds is 4. The van der Waals surface area contributed by atoms with E-state index in [9.17, 15) is 0 Å². The normalized spacial score (nSPS) is 12.1. The second-order valence-electron chi connectivity index (χ2n) is 13.8. The average molecular weight is 676 g/mol. The summed E-state index contributed by atoms with van der Waals surface area (Å²) >= 11 is 0. The predicted octanol–water partition coefficient (Wildman–Crippen LogP) is 13.5. The SMILES string of the molecule is c1ccc(-c2cc(-n3c4c(c5ccccc53)-c3ccccc3N(c3ccccc3)c3ccccc3-4)cc(-n3c4ccccc4c4ccccc43)c2)cc1. The van der Waals surface area contributed by atoms with Crippen LogP contribution in [0.4, 0.5) is 17.1 Å². The Morgan fingerprint density at radius 3 is 1.43 bits per heavy atom. The topological polar surface area (TPSA) is 13.1 Å². The predicted molar refractivity (Wildman–Crippen MR) is 222 cm³/mol. The van der Waals surface area contributed by atoms with Crippen molar-refractivity contribution < 1.29 is 0 Å². The lowest BCUT2D eigenvalue weighted by Crippen LogP contribution is -2.11. The lowest BCUT2D eigenvalue weighted by Gasteiger charge is -2.27. The van der Waals surface area contributed by atoms with Gasteiger partial charge in [-0.1, -0.05) is 140 Å². The highest BCUT2D eigenvalue weighted by Crippen LogP contribution is 2.54. The van der Waals surface area contributed by atoms with Gasteiger partial charge in [0.15, 0.2) is 0 Å². The van der Waals surface area contributed by atoms with Crippen LogP contribution < -0.4 is 4.90 Å². The van der Waals surface area contributed by atoms with Gasteiger partial charge in [0.1, 0.15) is 0 Å². The lowest BCUT2D eigenvalue weighted by atomic mass is 9.98. The standard InChI is InChI=1S/C50H33N3/c1-3-17-34(18-4-1)35-31-37(52-44-26-12-7-21-39(44)40-22-8-13-27-45(40)52)33-38(32-35)53-47-29-15-10-24-42(47)49-41-23-9-14-28-46(41)51(36-19-5-2-6-20-36)48-30-16-11-25-43(48)50(49)53/h1-33H. The van der Waals surface area contributed by atoms with Gasteiger partial charge >= 0.3 is 0 Å². The number of nitrogens with zero attached hydrogens (tertiary/aromatic N) is 3. The Labute approximate surface area is 307 Å². The molecule has 1 aliphatic rings. The van der Waals surface area contributed by atoms with Crippen LogP contribution in [0.3, 0.4) is 0 Å². The Kier molecular flexibility index (Phi) is 6.55. The molecule has 0 spiro atoms. The molecule has 0 radical (unpaired) electrons. The minimum atomic E-state index is 1.11. The molecule has 0 aliphatic carbocycles. The number of fused-ring (bicyclic) bond motifs is 10. The second-order valence-corrected chi connectivity index (χ2v) is 13.8. The first-order valence-electron chi connectivity index (χ1n) is 18.2. The number of aromatic nitrogens is 2. The van der Waals surface area contributed by atoms with E-state index in [-0.39, 0.29) is 0 Å². The Hall–Kier alpha value is -7.10. The van der Waals surface area contributed by atoms with E-state index in [0.29, 0.717) is 0 Å². The molecule has 0 saturated heterocycles. The Balaban J connectivity index is 1.28. The zero-order chi connectivity index (χ0) is 34.9. The molecule has 1 aliphatic heterocycles. The van der Waals surface area contributed by atoms with Crippen molar-refractivity contribution in [2.75, 3.05) is 4.90 Å². The van der Waals surface area contributed by atoms with E-state index < -0.39 is 0 Å². The number of benzene rings is 8. The first-order valence-corrected chi connectivity index (χ1v) is 18.2. The summed E-state index contributed by atoms with van der Waals surface area (Å²) in [6.07, 6.45) is 0. The number of para-hydroxylation sites is 6. The smallest absolute Gasteiger partial charge is 0.0641 e. The Bertz CT molecular complexity index is 2950. The van der Waals surface area contributed by atoms with E-state index in [2.05, 4.69) is 214 Å². The van der Waals surface area contributed by atoms with Crippen LogP contribution in [-0.2, 0) is 0 Å². The van der Waals surface area contributed by atoms with E-state index in [1.165, 1.54) is 66.2 Å². The van der Waals surface area contributed by atoms with Gasteiger partial charge < -0.3 is 14.0 Å². The van der Waals surface area contributed by atoms with Crippen LogP contribution in [0.2, 0.25) is 0 Å². The highest BCUT2D eigenvalue weighted by Gasteiger charge is 2.31. The van der Waals surface area contributed by atoms with Crippen molar-refractivity contribution >= 4 is 49.8 Å². The van der Waals surface area contributed by atoms with Gasteiger partial charge in [0, 0.05) is 49.9 Å². The first-order chi connectivity index (χ1) is 26.3. The highest BCUT2D eigenvalue weighted by molar-refractivity contribution is 6.13. The van der Waals surface area contributed by atoms with E-state index in [1.54, 1.807) is 0 Å². The van der Waals surface area contributed by atoms with Crippen molar-refractivity contribution in [1.29, 1.82) is 0 Å². The number of hydrogen-bond acceptors (Lipinski definition) is 1. The summed E-state index contributed by atoms with van der Waals surface area (Å²) in [7, 11) is 0. The van der Waals surface area contributed by atoms with Gasteiger partial charge in [-0.2, -0.15) is 0 Å². The molecule has 0 atom stereocenters. The molecule has 0 N–H and O–H groups in total. The first kappa shape index (κ1) is 29.6. The fourth-order valence-electron chi connectivity index (χ4n) is 8.62. The van der Waals surface area contributed by atoms with Gasteiger partial charge in [-0.3, -0.25) is 0 Å². The fraction of sp³-hybridized carbons (Fsp3) is 0. The van der Waals surface area contributed by atoms with Gasteiger partial charge in [0.25, 0.3) is 0 Å². The maximum absolute atomic E-state index is 2.51. The quantitative estimate of drug-likeness (QED) is 0.181. The van der Waals surface area contributed by atoms with Crippen LogP contribution in [0.25, 0.3) is 77.6 Å². The molecule has 53 heavy (non-hydrogen) atoms. The van der Waals surface area contributed by atoms with Crippen molar-refractivity contribution in [2.24, 2.45) is 0 Å². The molecule has 0 bridgehead atoms. The summed E-state index contributed by atoms with van der Waals surface area (Å²) in [5, 5.41) is 3.73. The maximum atomic E-state index is 2.51. The molecule has 0 unspecified atom stereocenters. The van der Waals surface area contributed by atoms with Crippen LogP contribution >= 0.6 is 0 Å². The van der Waals surface area contributed by atoms with E-state index >= 15 is 0 Å². The third-order valence-electron chi connectivity index (χ3n) is 10.8. The average Bonchev–Trinajstić information content (AvgIpc) is 3.71. The van der Waals surface area contributed by atoms with Crippen LogP contribution in [0.1, 0.15) is 0 Å².